The van der Waals surface area contributed by atoms with E-state index in [1.165, 1.54) is 12.1 Å². The van der Waals surface area contributed by atoms with E-state index < -0.39 is 21.7 Å². The molecule has 0 saturated carbocycles. The fourth-order valence-electron chi connectivity index (χ4n) is 4.81. The monoisotopic (exact) mass is 622 g/mol. The van der Waals surface area contributed by atoms with Gasteiger partial charge in [0.1, 0.15) is 18.1 Å². The van der Waals surface area contributed by atoms with Crippen molar-refractivity contribution in [1.82, 2.24) is 0 Å². The molecule has 0 fully saturated rings. The van der Waals surface area contributed by atoms with Gasteiger partial charge in [0.25, 0.3) is 5.91 Å². The summed E-state index contributed by atoms with van der Waals surface area (Å²) >= 11 is 0. The van der Waals surface area contributed by atoms with E-state index in [0.717, 1.165) is 16.7 Å². The molecule has 0 atom stereocenters. The van der Waals surface area contributed by atoms with Gasteiger partial charge in [-0.05, 0) is 89.3 Å². The Balaban J connectivity index is 1.23. The third-order valence-electron chi connectivity index (χ3n) is 6.83. The average Bonchev–Trinajstić information content (AvgIpc) is 3.00. The number of anilines is 2. The van der Waals surface area contributed by atoms with Gasteiger partial charge in [-0.1, -0.05) is 54.6 Å². The highest BCUT2D eigenvalue weighted by Crippen LogP contribution is 2.25. The van der Waals surface area contributed by atoms with Gasteiger partial charge in [0, 0.05) is 23.0 Å². The molecule has 0 aliphatic carbocycles. The number of aromatic hydroxyl groups is 1. The summed E-state index contributed by atoms with van der Waals surface area (Å²) < 4.78 is 34.3. The largest absolute Gasteiger partial charge is 0.508 e. The fraction of sp³-hybridized carbons (Fsp3) is 0.0857. The molecule has 0 heterocycles. The quantitative estimate of drug-likeness (QED) is 0.126. The van der Waals surface area contributed by atoms with E-state index >= 15 is 0 Å². The van der Waals surface area contributed by atoms with Crippen LogP contribution in [0.1, 0.15) is 37.4 Å². The lowest BCUT2D eigenvalue weighted by atomic mass is 10.0. The second-order valence-electron chi connectivity index (χ2n) is 10.4. The third kappa shape index (κ3) is 8.27. The molecule has 0 radical (unpaired) electrons. The fourth-order valence-corrected chi connectivity index (χ4v) is 6.02. The van der Waals surface area contributed by atoms with Crippen LogP contribution in [0.2, 0.25) is 0 Å². The minimum Gasteiger partial charge on any atom is -0.508 e. The molecule has 0 aliphatic rings. The number of aromatic carboxylic acids is 1. The van der Waals surface area contributed by atoms with Gasteiger partial charge >= 0.3 is 5.97 Å². The lowest BCUT2D eigenvalue weighted by Gasteiger charge is -2.13. The van der Waals surface area contributed by atoms with Crippen LogP contribution in [-0.2, 0) is 22.4 Å². The number of phenolic OH excluding ortho intramolecular Hbond substituents is 1. The highest BCUT2D eigenvalue weighted by molar-refractivity contribution is 7.91. The van der Waals surface area contributed by atoms with E-state index in [1.807, 2.05) is 19.1 Å². The molecule has 5 rings (SSSR count). The number of rotatable bonds is 11. The van der Waals surface area contributed by atoms with Crippen molar-refractivity contribution in [3.05, 3.63) is 143 Å². The molecule has 0 unspecified atom stereocenters. The Morgan fingerprint density at radius 1 is 0.778 bits per heavy atom. The van der Waals surface area contributed by atoms with Gasteiger partial charge in [-0.15, -0.1) is 0 Å². The summed E-state index contributed by atoms with van der Waals surface area (Å²) in [6.07, 6.45) is 0. The first kappa shape index (κ1) is 30.8. The average molecular weight is 623 g/mol. The molecule has 0 spiro atoms. The van der Waals surface area contributed by atoms with E-state index in [2.05, 4.69) is 10.0 Å². The normalized spacial score (nSPS) is 11.0. The van der Waals surface area contributed by atoms with E-state index in [9.17, 15) is 28.2 Å². The lowest BCUT2D eigenvalue weighted by molar-refractivity contribution is 0.0695. The number of hydrogen-bond donors (Lipinski definition) is 4. The minimum atomic E-state index is -3.91. The molecule has 5 aromatic carbocycles. The molecule has 0 aliphatic heterocycles. The van der Waals surface area contributed by atoms with Gasteiger partial charge in [-0.2, -0.15) is 0 Å². The first-order valence-electron chi connectivity index (χ1n) is 13.9. The first-order chi connectivity index (χ1) is 21.5. The zero-order valence-corrected chi connectivity index (χ0v) is 25.0. The molecule has 5 aromatic rings. The van der Waals surface area contributed by atoms with Crippen molar-refractivity contribution in [1.29, 1.82) is 0 Å². The summed E-state index contributed by atoms with van der Waals surface area (Å²) in [7, 11) is -3.91. The number of benzene rings is 5. The van der Waals surface area contributed by atoms with Crippen molar-refractivity contribution < 1.29 is 33.0 Å². The molecule has 9 nitrogen and oxygen atoms in total. The van der Waals surface area contributed by atoms with Crippen LogP contribution in [0.25, 0.3) is 11.1 Å². The number of sulfonamides is 1. The third-order valence-corrected chi connectivity index (χ3v) is 8.06. The van der Waals surface area contributed by atoms with Crippen LogP contribution in [0.3, 0.4) is 0 Å². The summed E-state index contributed by atoms with van der Waals surface area (Å²) in [5.74, 6) is -1.32. The van der Waals surface area contributed by atoms with Crippen molar-refractivity contribution >= 4 is 33.3 Å². The molecular formula is C35H30N2O7S. The van der Waals surface area contributed by atoms with Crippen molar-refractivity contribution in [2.24, 2.45) is 0 Å². The smallest absolute Gasteiger partial charge is 0.335 e. The molecular weight excluding hydrogens is 592 g/mol. The predicted octanol–water partition coefficient (Wildman–Crippen LogP) is 6.84. The Morgan fingerprint density at radius 3 is 2.31 bits per heavy atom. The Labute approximate surface area is 260 Å². The van der Waals surface area contributed by atoms with Gasteiger partial charge in [-0.3, -0.25) is 9.52 Å². The lowest BCUT2D eigenvalue weighted by Crippen LogP contribution is -2.17. The molecule has 228 valence electrons. The number of nitrogens with one attached hydrogen (secondary N) is 2. The number of carboxylic acid groups (broad SMARTS) is 1. The SMILES string of the molecule is Cc1cc(COc2cccc(NC(=O)c3cccc(-c4ccc(O)cc4)c3)c2)cc(NS(=O)(=O)Cc2ccccc2C(=O)O)c1. The van der Waals surface area contributed by atoms with Crippen LogP contribution in [0.15, 0.2) is 115 Å². The number of hydrogen-bond acceptors (Lipinski definition) is 6. The maximum Gasteiger partial charge on any atom is 0.335 e. The van der Waals surface area contributed by atoms with Gasteiger partial charge in [0.15, 0.2) is 0 Å². The van der Waals surface area contributed by atoms with E-state index in [4.69, 9.17) is 4.74 Å². The van der Waals surface area contributed by atoms with Crippen LogP contribution in [0.4, 0.5) is 11.4 Å². The Hall–Kier alpha value is -5.61. The number of carbonyl (C=O) groups excluding carboxylic acids is 1. The zero-order chi connectivity index (χ0) is 32.0. The number of amides is 1. The molecule has 0 saturated heterocycles. The topological polar surface area (TPSA) is 142 Å². The standard InChI is InChI=1S/C35H30N2O7S/c1-23-16-24(18-30(17-23)37-45(42,43)22-28-6-2-3-11-33(28)35(40)41)21-44-32-10-5-9-29(20-32)36-34(39)27-8-4-7-26(19-27)25-12-14-31(38)15-13-25/h2-20,37-38H,21-22H2,1H3,(H,36,39)(H,40,41). The molecule has 0 bridgehead atoms. The van der Waals surface area contributed by atoms with Crippen LogP contribution >= 0.6 is 0 Å². The molecule has 1 amide bonds. The van der Waals surface area contributed by atoms with E-state index in [1.54, 1.807) is 91.0 Å². The van der Waals surface area contributed by atoms with Gasteiger partial charge in [0.05, 0.1) is 11.3 Å². The van der Waals surface area contributed by atoms with E-state index in [0.29, 0.717) is 28.3 Å². The summed E-state index contributed by atoms with van der Waals surface area (Å²) in [6.45, 7) is 1.96. The number of phenols is 1. The molecule has 45 heavy (non-hydrogen) atoms. The molecule has 4 N–H and O–H groups in total. The second-order valence-corrected chi connectivity index (χ2v) is 12.2. The van der Waals surface area contributed by atoms with Gasteiger partial charge in [0.2, 0.25) is 10.0 Å². The highest BCUT2D eigenvalue weighted by Gasteiger charge is 2.18. The number of carboxylic acids is 1. The van der Waals surface area contributed by atoms with Crippen molar-refractivity contribution in [2.75, 3.05) is 10.0 Å². The first-order valence-corrected chi connectivity index (χ1v) is 15.6. The highest BCUT2D eigenvalue weighted by atomic mass is 32.2. The Bertz CT molecular complexity index is 1970. The van der Waals surface area contributed by atoms with Crippen LogP contribution in [-0.4, -0.2) is 30.5 Å². The summed E-state index contributed by atoms with van der Waals surface area (Å²) in [6, 6.07) is 32.0. The summed E-state index contributed by atoms with van der Waals surface area (Å²) in [5.41, 5.74) is 4.66. The van der Waals surface area contributed by atoms with Crippen LogP contribution < -0.4 is 14.8 Å². The van der Waals surface area contributed by atoms with Gasteiger partial charge < -0.3 is 20.3 Å². The maximum absolute atomic E-state index is 13.0. The summed E-state index contributed by atoms with van der Waals surface area (Å²) in [4.78, 5) is 24.5. The van der Waals surface area contributed by atoms with Crippen LogP contribution in [0, 0.1) is 6.92 Å². The van der Waals surface area contributed by atoms with E-state index in [-0.39, 0.29) is 29.4 Å². The molecule has 0 aromatic heterocycles. The van der Waals surface area contributed by atoms with Crippen LogP contribution in [0.5, 0.6) is 11.5 Å². The van der Waals surface area contributed by atoms with Crippen molar-refractivity contribution in [2.45, 2.75) is 19.3 Å². The Kier molecular flexibility index (Phi) is 9.15. The van der Waals surface area contributed by atoms with Crippen molar-refractivity contribution in [3.8, 4) is 22.6 Å². The molecule has 10 heteroatoms. The predicted molar refractivity (Wildman–Crippen MR) is 173 cm³/mol. The second kappa shape index (κ2) is 13.4. The van der Waals surface area contributed by atoms with Gasteiger partial charge in [-0.25, -0.2) is 13.2 Å². The zero-order valence-electron chi connectivity index (χ0n) is 24.2. The van der Waals surface area contributed by atoms with Crippen molar-refractivity contribution in [3.63, 3.8) is 0 Å². The minimum absolute atomic E-state index is 0.0674. The number of carbonyl (C=O) groups is 2. The summed E-state index contributed by atoms with van der Waals surface area (Å²) in [5, 5.41) is 21.8. The number of ether oxygens (including phenoxy) is 1. The Morgan fingerprint density at radius 2 is 1.53 bits per heavy atom. The number of aryl methyl sites for hydroxylation is 1. The maximum atomic E-state index is 13.0.